The minimum absolute atomic E-state index is 0.0174. The molecule has 2 aliphatic rings. The van der Waals surface area contributed by atoms with Crippen LogP contribution in [0.3, 0.4) is 0 Å². The molecule has 11 nitrogen and oxygen atoms in total. The summed E-state index contributed by atoms with van der Waals surface area (Å²) in [6.07, 6.45) is 5.45. The maximum atomic E-state index is 14.2. The average Bonchev–Trinajstić information content (AvgIpc) is 3.51. The molecule has 1 N–H and O–H groups in total. The quantitative estimate of drug-likeness (QED) is 0.151. The molecule has 1 saturated heterocycles. The van der Waals surface area contributed by atoms with E-state index in [9.17, 15) is 33.6 Å². The van der Waals surface area contributed by atoms with Gasteiger partial charge in [-0.05, 0) is 49.0 Å². The number of Topliss-reactive ketones (excluding diaryl/α,β-unsaturated/α-hetero) is 3. The van der Waals surface area contributed by atoms with Crippen LogP contribution < -0.4 is 5.32 Å². The number of amides is 3. The number of ketones is 3. The molecule has 0 aromatic heterocycles. The number of rotatable bonds is 19. The van der Waals surface area contributed by atoms with E-state index in [0.717, 1.165) is 32.1 Å². The normalized spacial score (nSPS) is 19.5. The van der Waals surface area contributed by atoms with Crippen molar-refractivity contribution in [2.75, 3.05) is 27.2 Å². The molecule has 5 atom stereocenters. The molecule has 1 heterocycles. The zero-order valence-corrected chi connectivity index (χ0v) is 31.5. The highest BCUT2D eigenvalue weighted by atomic mass is 16.5. The maximum absolute atomic E-state index is 14.2. The third-order valence-corrected chi connectivity index (χ3v) is 10.2. The number of likely N-dealkylation sites (N-methyl/N-ethyl adjacent to an activating group) is 1. The first-order valence-electron chi connectivity index (χ1n) is 18.9. The molecule has 0 radical (unpaired) electrons. The predicted molar refractivity (Wildman–Crippen MR) is 193 cm³/mol. The summed E-state index contributed by atoms with van der Waals surface area (Å²) >= 11 is 0. The fraction of sp³-hybridized carbons (Fsp3) is 0.675. The van der Waals surface area contributed by atoms with Crippen LogP contribution in [0.1, 0.15) is 116 Å². The second-order valence-electron chi connectivity index (χ2n) is 15.1. The van der Waals surface area contributed by atoms with Crippen molar-refractivity contribution >= 4 is 41.0 Å². The van der Waals surface area contributed by atoms with Crippen LogP contribution in [0.2, 0.25) is 0 Å². The number of hydrogen-bond acceptors (Lipinski definition) is 8. The maximum Gasteiger partial charge on any atom is 0.306 e. The summed E-state index contributed by atoms with van der Waals surface area (Å²) in [5.41, 5.74) is 0.596. The number of nitrogens with zero attached hydrogens (tertiary/aromatic N) is 2. The summed E-state index contributed by atoms with van der Waals surface area (Å²) in [5.74, 6) is -4.53. The van der Waals surface area contributed by atoms with Gasteiger partial charge in [0.25, 0.3) is 0 Å². The Bertz CT molecular complexity index is 1370. The van der Waals surface area contributed by atoms with Crippen LogP contribution in [0, 0.1) is 29.6 Å². The Morgan fingerprint density at radius 1 is 0.922 bits per heavy atom. The first-order valence-corrected chi connectivity index (χ1v) is 18.9. The SMILES string of the molecule is CCCC(CC(=O)[C@@H]1[C@@H](C)CCN1C(=O)[C@@H](CC(=O)OCC(C)C)C1CCCCC1)C(=O)C(=O)CCC(=O)NC(C(=O)N(C)C)c1ccccc1. The Labute approximate surface area is 303 Å². The van der Waals surface area contributed by atoms with E-state index in [4.69, 9.17) is 4.74 Å². The standard InChI is InChI=1S/C40H59N3O8/c1-7-14-30(38(48)32(44)19-20-34(46)41-36(40(50)42(5)6)29-17-12-9-13-18-29)23-33(45)37-27(4)21-22-43(37)39(49)31(28-15-10-8-11-16-28)24-35(47)51-25-26(2)3/h9,12-13,17-18,26-28,30-31,36-37H,7-8,10-11,14-16,19-25H2,1-6H3,(H,41,46)/t27-,30?,31-,36?,37-/m0/s1. The topological polar surface area (TPSA) is 147 Å². The van der Waals surface area contributed by atoms with Crippen LogP contribution in [-0.4, -0.2) is 84.1 Å². The largest absolute Gasteiger partial charge is 0.465 e. The Morgan fingerprint density at radius 3 is 2.20 bits per heavy atom. The van der Waals surface area contributed by atoms with Crippen molar-refractivity contribution in [1.29, 1.82) is 0 Å². The van der Waals surface area contributed by atoms with Gasteiger partial charge < -0.3 is 19.9 Å². The second-order valence-corrected chi connectivity index (χ2v) is 15.1. The molecular weight excluding hydrogens is 650 g/mol. The number of carbonyl (C=O) groups excluding carboxylic acids is 7. The number of benzene rings is 1. The van der Waals surface area contributed by atoms with Crippen molar-refractivity contribution in [3.8, 4) is 0 Å². The molecule has 11 heteroatoms. The highest BCUT2D eigenvalue weighted by Gasteiger charge is 2.44. The number of hydrogen-bond donors (Lipinski definition) is 1. The minimum atomic E-state index is -0.938. The van der Waals surface area contributed by atoms with Gasteiger partial charge in [0.1, 0.15) is 6.04 Å². The summed E-state index contributed by atoms with van der Waals surface area (Å²) in [7, 11) is 3.17. The summed E-state index contributed by atoms with van der Waals surface area (Å²) in [5, 5.41) is 2.69. The van der Waals surface area contributed by atoms with Gasteiger partial charge in [-0.15, -0.1) is 0 Å². The van der Waals surface area contributed by atoms with Crippen molar-refractivity contribution in [1.82, 2.24) is 15.1 Å². The van der Waals surface area contributed by atoms with Crippen LogP contribution >= 0.6 is 0 Å². The summed E-state index contributed by atoms with van der Waals surface area (Å²) in [6.45, 7) is 8.38. The van der Waals surface area contributed by atoms with Crippen molar-refractivity contribution in [2.45, 2.75) is 117 Å². The molecule has 3 amide bonds. The lowest BCUT2D eigenvalue weighted by atomic mass is 9.77. The van der Waals surface area contributed by atoms with Gasteiger partial charge in [0.2, 0.25) is 23.5 Å². The van der Waals surface area contributed by atoms with E-state index in [0.29, 0.717) is 31.4 Å². The number of nitrogens with one attached hydrogen (secondary N) is 1. The Kier molecular flexibility index (Phi) is 16.5. The molecule has 1 saturated carbocycles. The molecular formula is C40H59N3O8. The third-order valence-electron chi connectivity index (χ3n) is 10.2. The number of ether oxygens (including phenoxy) is 1. The molecule has 1 aliphatic carbocycles. The number of carbonyl (C=O) groups is 7. The summed E-state index contributed by atoms with van der Waals surface area (Å²) < 4.78 is 5.47. The predicted octanol–water partition coefficient (Wildman–Crippen LogP) is 5.25. The molecule has 3 rings (SSSR count). The minimum Gasteiger partial charge on any atom is -0.465 e. The monoisotopic (exact) mass is 709 g/mol. The van der Waals surface area contributed by atoms with Crippen molar-refractivity contribution in [2.24, 2.45) is 29.6 Å². The first-order chi connectivity index (χ1) is 24.2. The fourth-order valence-corrected chi connectivity index (χ4v) is 7.43. The van der Waals surface area contributed by atoms with Crippen LogP contribution in [-0.2, 0) is 38.3 Å². The Balaban J connectivity index is 1.68. The molecule has 51 heavy (non-hydrogen) atoms. The zero-order chi connectivity index (χ0) is 37.7. The van der Waals surface area contributed by atoms with E-state index in [2.05, 4.69) is 5.32 Å². The van der Waals surface area contributed by atoms with Crippen LogP contribution in [0.15, 0.2) is 30.3 Å². The van der Waals surface area contributed by atoms with Gasteiger partial charge in [0.15, 0.2) is 11.6 Å². The smallest absolute Gasteiger partial charge is 0.306 e. The van der Waals surface area contributed by atoms with Crippen LogP contribution in [0.4, 0.5) is 0 Å². The first kappa shape index (κ1) is 41.5. The van der Waals surface area contributed by atoms with E-state index in [1.807, 2.05) is 27.7 Å². The molecule has 0 spiro atoms. The molecule has 1 aromatic carbocycles. The Morgan fingerprint density at radius 2 is 1.59 bits per heavy atom. The van der Waals surface area contributed by atoms with E-state index in [-0.39, 0.29) is 67.6 Å². The highest BCUT2D eigenvalue weighted by Crippen LogP contribution is 2.36. The van der Waals surface area contributed by atoms with Crippen LogP contribution in [0.5, 0.6) is 0 Å². The lowest BCUT2D eigenvalue weighted by Crippen LogP contribution is -2.48. The van der Waals surface area contributed by atoms with E-state index >= 15 is 0 Å². The lowest BCUT2D eigenvalue weighted by molar-refractivity contribution is -0.153. The van der Waals surface area contributed by atoms with E-state index in [1.54, 1.807) is 49.3 Å². The van der Waals surface area contributed by atoms with Gasteiger partial charge in [-0.2, -0.15) is 0 Å². The van der Waals surface area contributed by atoms with E-state index < -0.39 is 47.4 Å². The lowest BCUT2D eigenvalue weighted by Gasteiger charge is -2.35. The molecule has 1 aliphatic heterocycles. The van der Waals surface area contributed by atoms with Crippen molar-refractivity contribution in [3.05, 3.63) is 35.9 Å². The van der Waals surface area contributed by atoms with Gasteiger partial charge in [-0.1, -0.05) is 83.7 Å². The molecule has 2 fully saturated rings. The second kappa shape index (κ2) is 20.2. The van der Waals surface area contributed by atoms with Crippen LogP contribution in [0.25, 0.3) is 0 Å². The fourth-order valence-electron chi connectivity index (χ4n) is 7.43. The van der Waals surface area contributed by atoms with Gasteiger partial charge in [0.05, 0.1) is 25.0 Å². The van der Waals surface area contributed by atoms with Crippen molar-refractivity contribution in [3.63, 3.8) is 0 Å². The molecule has 282 valence electrons. The van der Waals surface area contributed by atoms with E-state index in [1.165, 1.54) is 4.90 Å². The number of esters is 1. The van der Waals surface area contributed by atoms with Gasteiger partial charge >= 0.3 is 5.97 Å². The van der Waals surface area contributed by atoms with Crippen molar-refractivity contribution < 1.29 is 38.3 Å². The number of likely N-dealkylation sites (tertiary alicyclic amines) is 1. The highest BCUT2D eigenvalue weighted by molar-refractivity contribution is 6.38. The zero-order valence-electron chi connectivity index (χ0n) is 31.5. The van der Waals surface area contributed by atoms with Gasteiger partial charge in [-0.25, -0.2) is 0 Å². The van der Waals surface area contributed by atoms with Gasteiger partial charge in [0, 0.05) is 45.8 Å². The third kappa shape index (κ3) is 12.1. The molecule has 0 bridgehead atoms. The van der Waals surface area contributed by atoms with Gasteiger partial charge in [-0.3, -0.25) is 33.6 Å². The summed E-state index contributed by atoms with van der Waals surface area (Å²) in [6, 6.07) is 7.10. The molecule has 2 unspecified atom stereocenters. The Hall–Kier alpha value is -3.89. The molecule has 1 aromatic rings. The average molecular weight is 710 g/mol. The summed E-state index contributed by atoms with van der Waals surface area (Å²) in [4.78, 5) is 96.3.